The Hall–Kier alpha value is -2.74. The summed E-state index contributed by atoms with van der Waals surface area (Å²) in [6, 6.07) is 8.72. The van der Waals surface area contributed by atoms with Crippen LogP contribution in [0.25, 0.3) is 0 Å². The molecule has 1 unspecified atom stereocenters. The molecule has 1 aliphatic rings. The van der Waals surface area contributed by atoms with Crippen molar-refractivity contribution >= 4 is 29.2 Å². The number of hydrogen-bond donors (Lipinski definition) is 2. The molecule has 2 heterocycles. The van der Waals surface area contributed by atoms with E-state index in [2.05, 4.69) is 10.6 Å². The fraction of sp³-hybridized carbons (Fsp3) is 0.316. The maximum absolute atomic E-state index is 13.2. The molecule has 2 aromatic rings. The van der Waals surface area contributed by atoms with Crippen molar-refractivity contribution in [3.8, 4) is 0 Å². The fourth-order valence-corrected chi connectivity index (χ4v) is 3.83. The molecule has 1 atom stereocenters. The molecule has 142 valence electrons. The zero-order valence-corrected chi connectivity index (χ0v) is 15.6. The Morgan fingerprint density at radius 3 is 2.63 bits per heavy atom. The first-order valence-corrected chi connectivity index (χ1v) is 9.53. The highest BCUT2D eigenvalue weighted by atomic mass is 32.1. The third-order valence-electron chi connectivity index (χ3n) is 4.62. The number of carbonyl (C=O) groups is 3. The highest BCUT2D eigenvalue weighted by molar-refractivity contribution is 7.09. The molecule has 0 bridgehead atoms. The van der Waals surface area contributed by atoms with Gasteiger partial charge in [0.15, 0.2) is 0 Å². The standard InChI is InChI=1S/C19H20FN3O3S/c1-2-19(13-5-7-14(20)8-6-13)17(25)23(18(26)22-19)12-16(24)21-10-9-15-4-3-11-27-15/h3-8,11H,2,9-10,12H2,1H3,(H,21,24)(H,22,26). The Morgan fingerprint density at radius 2 is 2.00 bits per heavy atom. The molecule has 0 radical (unpaired) electrons. The monoisotopic (exact) mass is 389 g/mol. The Labute approximate surface area is 160 Å². The number of thiophene rings is 1. The van der Waals surface area contributed by atoms with Crippen LogP contribution >= 0.6 is 11.3 Å². The highest BCUT2D eigenvalue weighted by Gasteiger charge is 2.51. The van der Waals surface area contributed by atoms with Gasteiger partial charge in [0, 0.05) is 11.4 Å². The summed E-state index contributed by atoms with van der Waals surface area (Å²) >= 11 is 1.60. The van der Waals surface area contributed by atoms with Crippen molar-refractivity contribution in [2.75, 3.05) is 13.1 Å². The summed E-state index contributed by atoms with van der Waals surface area (Å²) in [7, 11) is 0. The van der Waals surface area contributed by atoms with Crippen molar-refractivity contribution in [2.45, 2.75) is 25.3 Å². The maximum atomic E-state index is 13.2. The number of nitrogens with zero attached hydrogens (tertiary/aromatic N) is 1. The first-order chi connectivity index (χ1) is 13.0. The largest absolute Gasteiger partial charge is 0.354 e. The summed E-state index contributed by atoms with van der Waals surface area (Å²) in [5.41, 5.74) is -0.785. The molecule has 1 fully saturated rings. The van der Waals surface area contributed by atoms with Crippen LogP contribution in [0.2, 0.25) is 0 Å². The quantitative estimate of drug-likeness (QED) is 0.714. The molecular formula is C19H20FN3O3S. The van der Waals surface area contributed by atoms with Gasteiger partial charge in [0.2, 0.25) is 5.91 Å². The molecule has 1 aromatic heterocycles. The van der Waals surface area contributed by atoms with Crippen molar-refractivity contribution in [1.29, 1.82) is 0 Å². The lowest BCUT2D eigenvalue weighted by molar-refractivity contribution is -0.135. The van der Waals surface area contributed by atoms with Crippen molar-refractivity contribution in [1.82, 2.24) is 15.5 Å². The third-order valence-corrected chi connectivity index (χ3v) is 5.55. The van der Waals surface area contributed by atoms with Crippen LogP contribution in [0, 0.1) is 5.82 Å². The van der Waals surface area contributed by atoms with Gasteiger partial charge >= 0.3 is 6.03 Å². The summed E-state index contributed by atoms with van der Waals surface area (Å²) in [6.07, 6.45) is 0.984. The van der Waals surface area contributed by atoms with Crippen LogP contribution in [0.15, 0.2) is 41.8 Å². The molecule has 6 nitrogen and oxygen atoms in total. The van der Waals surface area contributed by atoms with Crippen LogP contribution in [0.5, 0.6) is 0 Å². The topological polar surface area (TPSA) is 78.5 Å². The SMILES string of the molecule is CCC1(c2ccc(F)cc2)NC(=O)N(CC(=O)NCCc2cccs2)C1=O. The third kappa shape index (κ3) is 3.85. The van der Waals surface area contributed by atoms with Gasteiger partial charge < -0.3 is 10.6 Å². The van der Waals surface area contributed by atoms with Crippen molar-refractivity contribution < 1.29 is 18.8 Å². The first kappa shape index (κ1) is 19.0. The smallest absolute Gasteiger partial charge is 0.325 e. The molecule has 1 saturated heterocycles. The summed E-state index contributed by atoms with van der Waals surface area (Å²) in [5, 5.41) is 7.36. The highest BCUT2D eigenvalue weighted by Crippen LogP contribution is 2.32. The number of rotatable bonds is 7. The fourth-order valence-electron chi connectivity index (χ4n) is 3.12. The molecule has 2 N–H and O–H groups in total. The van der Waals surface area contributed by atoms with Crippen molar-refractivity contribution in [3.05, 3.63) is 58.0 Å². The van der Waals surface area contributed by atoms with E-state index in [1.54, 1.807) is 18.3 Å². The zero-order chi connectivity index (χ0) is 19.4. The molecule has 8 heteroatoms. The summed E-state index contributed by atoms with van der Waals surface area (Å²) in [6.45, 7) is 1.84. The van der Waals surface area contributed by atoms with Crippen LogP contribution in [0.3, 0.4) is 0 Å². The second kappa shape index (κ2) is 7.87. The van der Waals surface area contributed by atoms with E-state index in [9.17, 15) is 18.8 Å². The summed E-state index contributed by atoms with van der Waals surface area (Å²) in [5.74, 6) is -1.33. The van der Waals surface area contributed by atoms with Crippen molar-refractivity contribution in [2.24, 2.45) is 0 Å². The molecule has 0 spiro atoms. The molecular weight excluding hydrogens is 369 g/mol. The Kier molecular flexibility index (Phi) is 5.55. The minimum Gasteiger partial charge on any atom is -0.354 e. The van der Waals surface area contributed by atoms with Crippen LogP contribution in [-0.2, 0) is 21.5 Å². The van der Waals surface area contributed by atoms with E-state index in [1.807, 2.05) is 17.5 Å². The lowest BCUT2D eigenvalue weighted by atomic mass is 9.87. The Morgan fingerprint density at radius 1 is 1.26 bits per heavy atom. The molecule has 4 amide bonds. The number of benzene rings is 1. The van der Waals surface area contributed by atoms with Crippen LogP contribution in [0.4, 0.5) is 9.18 Å². The van der Waals surface area contributed by atoms with Crippen molar-refractivity contribution in [3.63, 3.8) is 0 Å². The van der Waals surface area contributed by atoms with Gasteiger partial charge in [-0.15, -0.1) is 11.3 Å². The maximum Gasteiger partial charge on any atom is 0.325 e. The van der Waals surface area contributed by atoms with E-state index in [0.717, 1.165) is 9.78 Å². The first-order valence-electron chi connectivity index (χ1n) is 8.65. The molecule has 3 rings (SSSR count). The van der Waals surface area contributed by atoms with Gasteiger partial charge in [0.05, 0.1) is 0 Å². The predicted octanol–water partition coefficient (Wildman–Crippen LogP) is 2.40. The van der Waals surface area contributed by atoms with Crippen LogP contribution in [0.1, 0.15) is 23.8 Å². The normalized spacial score (nSPS) is 19.3. The number of hydrogen-bond acceptors (Lipinski definition) is 4. The minimum absolute atomic E-state index is 0.291. The number of carbonyl (C=O) groups excluding carboxylic acids is 3. The van der Waals surface area contributed by atoms with E-state index in [-0.39, 0.29) is 6.54 Å². The van der Waals surface area contributed by atoms with E-state index >= 15 is 0 Å². The summed E-state index contributed by atoms with van der Waals surface area (Å²) in [4.78, 5) is 39.5. The van der Waals surface area contributed by atoms with E-state index < -0.39 is 29.2 Å². The molecule has 0 saturated carbocycles. The van der Waals surface area contributed by atoms with Gasteiger partial charge in [0.1, 0.15) is 17.9 Å². The van der Waals surface area contributed by atoms with Gasteiger partial charge in [0.25, 0.3) is 5.91 Å². The lowest BCUT2D eigenvalue weighted by Crippen LogP contribution is -2.45. The second-order valence-corrected chi connectivity index (χ2v) is 7.30. The second-order valence-electron chi connectivity index (χ2n) is 6.27. The Bertz CT molecular complexity index is 838. The molecule has 0 aliphatic carbocycles. The predicted molar refractivity (Wildman–Crippen MR) is 99.6 cm³/mol. The van der Waals surface area contributed by atoms with Gasteiger partial charge in [-0.1, -0.05) is 25.1 Å². The van der Waals surface area contributed by atoms with Crippen LogP contribution in [-0.4, -0.2) is 35.8 Å². The lowest BCUT2D eigenvalue weighted by Gasteiger charge is -2.25. The number of nitrogens with one attached hydrogen (secondary N) is 2. The van der Waals surface area contributed by atoms with E-state index in [1.165, 1.54) is 24.3 Å². The van der Waals surface area contributed by atoms with Gasteiger partial charge in [-0.05, 0) is 42.0 Å². The van der Waals surface area contributed by atoms with E-state index in [0.29, 0.717) is 24.9 Å². The van der Waals surface area contributed by atoms with Crippen LogP contribution < -0.4 is 10.6 Å². The number of amides is 4. The molecule has 1 aliphatic heterocycles. The Balaban J connectivity index is 1.65. The molecule has 27 heavy (non-hydrogen) atoms. The van der Waals surface area contributed by atoms with E-state index in [4.69, 9.17) is 0 Å². The zero-order valence-electron chi connectivity index (χ0n) is 14.8. The number of halogens is 1. The molecule has 1 aromatic carbocycles. The number of imide groups is 1. The van der Waals surface area contributed by atoms with Gasteiger partial charge in [-0.2, -0.15) is 0 Å². The number of urea groups is 1. The average Bonchev–Trinajstić information content (AvgIpc) is 3.25. The average molecular weight is 389 g/mol. The summed E-state index contributed by atoms with van der Waals surface area (Å²) < 4.78 is 13.2. The minimum atomic E-state index is -1.28. The van der Waals surface area contributed by atoms with Gasteiger partial charge in [-0.25, -0.2) is 9.18 Å². The van der Waals surface area contributed by atoms with Gasteiger partial charge in [-0.3, -0.25) is 14.5 Å².